The average molecular weight is 393 g/mol. The molecule has 0 saturated heterocycles. The minimum Gasteiger partial charge on any atom is -0.545 e. The van der Waals surface area contributed by atoms with E-state index in [0.29, 0.717) is 5.69 Å². The van der Waals surface area contributed by atoms with Crippen LogP contribution in [0, 0.1) is 0 Å². The molecule has 0 aromatic heterocycles. The van der Waals surface area contributed by atoms with Gasteiger partial charge in [0.05, 0.1) is 11.9 Å². The van der Waals surface area contributed by atoms with Crippen molar-refractivity contribution in [1.82, 2.24) is 0 Å². The molecule has 1 N–H and O–H groups in total. The standard InChI is InChI=1S/C20H31NO4.2Na/c1-2-3-4-5-6-7-8-9-10-11-14-21-16-12-13-17(19(22)23)18(15-16)20(24)25;;/h12-13,15,21H,2-11,14H2,1H3,(H,22,23)(H,24,25);;/q;2*+1/p-2. The van der Waals surface area contributed by atoms with Gasteiger partial charge in [0.25, 0.3) is 0 Å². The van der Waals surface area contributed by atoms with Gasteiger partial charge >= 0.3 is 59.1 Å². The Kier molecular flexibility index (Phi) is 19.5. The van der Waals surface area contributed by atoms with Gasteiger partial charge in [-0.25, -0.2) is 0 Å². The zero-order chi connectivity index (χ0) is 18.5. The van der Waals surface area contributed by atoms with Crippen molar-refractivity contribution in [3.63, 3.8) is 0 Å². The van der Waals surface area contributed by atoms with Crippen LogP contribution >= 0.6 is 0 Å². The van der Waals surface area contributed by atoms with E-state index in [2.05, 4.69) is 12.2 Å². The van der Waals surface area contributed by atoms with Crippen LogP contribution in [-0.2, 0) is 0 Å². The van der Waals surface area contributed by atoms with Crippen LogP contribution < -0.4 is 74.6 Å². The normalized spacial score (nSPS) is 9.81. The van der Waals surface area contributed by atoms with E-state index in [9.17, 15) is 19.8 Å². The summed E-state index contributed by atoms with van der Waals surface area (Å²) < 4.78 is 0. The van der Waals surface area contributed by atoms with Gasteiger partial charge in [-0.1, -0.05) is 70.8 Å². The van der Waals surface area contributed by atoms with Crippen LogP contribution in [0.3, 0.4) is 0 Å². The van der Waals surface area contributed by atoms with Gasteiger partial charge in [-0.05, 0) is 18.6 Å². The number of carboxylic acid groups (broad SMARTS) is 2. The predicted octanol–water partition coefficient (Wildman–Crippen LogP) is -3.25. The third kappa shape index (κ3) is 12.9. The fourth-order valence-corrected chi connectivity index (χ4v) is 2.85. The summed E-state index contributed by atoms with van der Waals surface area (Å²) >= 11 is 0. The maximum Gasteiger partial charge on any atom is 1.00 e. The van der Waals surface area contributed by atoms with E-state index in [-0.39, 0.29) is 70.2 Å². The molecule has 0 aliphatic rings. The van der Waals surface area contributed by atoms with Crippen LogP contribution in [0.4, 0.5) is 5.69 Å². The van der Waals surface area contributed by atoms with Gasteiger partial charge in [0, 0.05) is 23.4 Å². The number of carboxylic acids is 2. The zero-order valence-electron chi connectivity index (χ0n) is 17.1. The van der Waals surface area contributed by atoms with Crippen molar-refractivity contribution < 1.29 is 78.9 Å². The second-order valence-electron chi connectivity index (χ2n) is 6.44. The number of benzene rings is 1. The van der Waals surface area contributed by atoms with Crippen molar-refractivity contribution in [2.24, 2.45) is 0 Å². The van der Waals surface area contributed by atoms with Crippen molar-refractivity contribution in [3.05, 3.63) is 29.3 Å². The molecular weight excluding hydrogens is 364 g/mol. The van der Waals surface area contributed by atoms with Crippen molar-refractivity contribution in [1.29, 1.82) is 0 Å². The molecule has 0 aliphatic heterocycles. The first-order valence-corrected chi connectivity index (χ1v) is 9.37. The van der Waals surface area contributed by atoms with Gasteiger partial charge in [0.15, 0.2) is 0 Å². The van der Waals surface area contributed by atoms with Crippen LogP contribution in [-0.4, -0.2) is 18.5 Å². The predicted molar refractivity (Wildman–Crippen MR) is 95.4 cm³/mol. The molecule has 0 atom stereocenters. The van der Waals surface area contributed by atoms with Crippen molar-refractivity contribution >= 4 is 17.6 Å². The van der Waals surface area contributed by atoms with Gasteiger partial charge < -0.3 is 25.1 Å². The summed E-state index contributed by atoms with van der Waals surface area (Å²) in [6.07, 6.45) is 12.6. The van der Waals surface area contributed by atoms with Crippen molar-refractivity contribution in [2.45, 2.75) is 71.1 Å². The molecule has 1 aromatic carbocycles. The molecule has 5 nitrogen and oxygen atoms in total. The van der Waals surface area contributed by atoms with Gasteiger partial charge in [0.1, 0.15) is 0 Å². The maximum absolute atomic E-state index is 11.0. The minimum absolute atomic E-state index is 0. The molecule has 0 amide bonds. The topological polar surface area (TPSA) is 92.3 Å². The number of unbranched alkanes of at least 4 members (excludes halogenated alkanes) is 9. The summed E-state index contributed by atoms with van der Waals surface area (Å²) in [5.74, 6) is -3.03. The summed E-state index contributed by atoms with van der Waals surface area (Å²) in [7, 11) is 0. The largest absolute Gasteiger partial charge is 1.00 e. The molecular formula is C20H29NNa2O4. The summed E-state index contributed by atoms with van der Waals surface area (Å²) in [6, 6.07) is 4.08. The Morgan fingerprint density at radius 2 is 1.26 bits per heavy atom. The number of anilines is 1. The molecule has 7 heteroatoms. The monoisotopic (exact) mass is 393 g/mol. The number of hydrogen-bond acceptors (Lipinski definition) is 5. The Hall–Kier alpha value is -0.0400. The molecule has 0 aliphatic carbocycles. The molecule has 0 bridgehead atoms. The Labute approximate surface area is 207 Å². The third-order valence-electron chi connectivity index (χ3n) is 4.32. The Morgan fingerprint density at radius 3 is 1.74 bits per heavy atom. The fourth-order valence-electron chi connectivity index (χ4n) is 2.85. The van der Waals surface area contributed by atoms with Gasteiger partial charge in [0.2, 0.25) is 0 Å². The van der Waals surface area contributed by atoms with E-state index >= 15 is 0 Å². The second-order valence-corrected chi connectivity index (χ2v) is 6.44. The molecule has 1 aromatic rings. The minimum atomic E-state index is -1.51. The molecule has 1 rings (SSSR count). The number of carbonyl (C=O) groups excluding carboxylic acids is 2. The summed E-state index contributed by atoms with van der Waals surface area (Å²) in [6.45, 7) is 2.96. The van der Waals surface area contributed by atoms with Crippen LogP contribution in [0.5, 0.6) is 0 Å². The van der Waals surface area contributed by atoms with E-state index in [1.807, 2.05) is 0 Å². The third-order valence-corrected chi connectivity index (χ3v) is 4.32. The molecule has 0 fully saturated rings. The molecule has 0 spiro atoms. The van der Waals surface area contributed by atoms with Crippen molar-refractivity contribution in [3.8, 4) is 0 Å². The number of hydrogen-bond donors (Lipinski definition) is 1. The van der Waals surface area contributed by atoms with Crippen LogP contribution in [0.15, 0.2) is 18.2 Å². The first-order chi connectivity index (χ1) is 12.1. The average Bonchev–Trinajstić information content (AvgIpc) is 2.59. The molecule has 27 heavy (non-hydrogen) atoms. The van der Waals surface area contributed by atoms with Gasteiger partial charge in [-0.2, -0.15) is 0 Å². The van der Waals surface area contributed by atoms with Gasteiger partial charge in [-0.3, -0.25) is 0 Å². The number of nitrogens with one attached hydrogen (secondary N) is 1. The Balaban J connectivity index is 0. The first kappa shape index (κ1) is 29.2. The van der Waals surface area contributed by atoms with E-state index in [1.165, 1.54) is 63.5 Å². The molecule has 0 heterocycles. The Bertz CT molecular complexity index is 553. The van der Waals surface area contributed by atoms with E-state index < -0.39 is 11.9 Å². The molecule has 0 unspecified atom stereocenters. The van der Waals surface area contributed by atoms with E-state index in [0.717, 1.165) is 19.4 Å². The van der Waals surface area contributed by atoms with E-state index in [1.54, 1.807) is 6.07 Å². The second kappa shape index (κ2) is 18.0. The Morgan fingerprint density at radius 1 is 0.778 bits per heavy atom. The smallest absolute Gasteiger partial charge is 0.545 e. The summed E-state index contributed by atoms with van der Waals surface area (Å²) in [4.78, 5) is 21.9. The van der Waals surface area contributed by atoms with Crippen molar-refractivity contribution in [2.75, 3.05) is 11.9 Å². The van der Waals surface area contributed by atoms with Gasteiger partial charge in [-0.15, -0.1) is 0 Å². The summed E-state index contributed by atoms with van der Waals surface area (Å²) in [5, 5.41) is 25.0. The number of rotatable bonds is 14. The molecule has 0 saturated carbocycles. The van der Waals surface area contributed by atoms with Crippen LogP contribution in [0.2, 0.25) is 0 Å². The quantitative estimate of drug-likeness (QED) is 0.265. The molecule has 0 radical (unpaired) electrons. The SMILES string of the molecule is CCCCCCCCCCCCNc1ccc(C(=O)[O-])c(C(=O)[O-])c1.[Na+].[Na+]. The van der Waals surface area contributed by atoms with E-state index in [4.69, 9.17) is 0 Å². The molecule has 140 valence electrons. The number of carbonyl (C=O) groups is 2. The summed E-state index contributed by atoms with van der Waals surface area (Å²) in [5.41, 5.74) is -0.127. The first-order valence-electron chi connectivity index (χ1n) is 9.37. The number of aromatic carboxylic acids is 2. The van der Waals surface area contributed by atoms with Crippen LogP contribution in [0.1, 0.15) is 91.8 Å². The fraction of sp³-hybridized carbons (Fsp3) is 0.600. The maximum atomic E-state index is 11.0. The van der Waals surface area contributed by atoms with Crippen LogP contribution in [0.25, 0.3) is 0 Å². The zero-order valence-corrected chi connectivity index (χ0v) is 21.1.